The minimum Gasteiger partial charge on any atom is -0.444 e. The van der Waals surface area contributed by atoms with Gasteiger partial charge in [0.15, 0.2) is 0 Å². The average molecular weight is 291 g/mol. The number of rotatable bonds is 3. The predicted octanol–water partition coefficient (Wildman–Crippen LogP) is 2.13. The van der Waals surface area contributed by atoms with Crippen LogP contribution in [0.5, 0.6) is 0 Å². The third kappa shape index (κ3) is 4.56. The van der Waals surface area contributed by atoms with Crippen molar-refractivity contribution in [1.82, 2.24) is 10.2 Å². The van der Waals surface area contributed by atoms with E-state index < -0.39 is 11.1 Å². The lowest BCUT2D eigenvalue weighted by atomic mass is 9.99. The van der Waals surface area contributed by atoms with Crippen molar-refractivity contribution < 1.29 is 14.3 Å². The van der Waals surface area contributed by atoms with Crippen LogP contribution in [-0.4, -0.2) is 47.0 Å². The highest BCUT2D eigenvalue weighted by atomic mass is 35.5. The van der Waals surface area contributed by atoms with Crippen LogP contribution < -0.4 is 5.32 Å². The maximum absolute atomic E-state index is 12.2. The number of nitrogens with one attached hydrogen (secondary N) is 1. The molecule has 1 aliphatic heterocycles. The zero-order valence-corrected chi connectivity index (χ0v) is 12.8. The number of likely N-dealkylation sites (tertiary alicyclic amines) is 1. The summed E-state index contributed by atoms with van der Waals surface area (Å²) in [5.74, 6) is -0.290. The molecule has 2 amide bonds. The van der Waals surface area contributed by atoms with E-state index >= 15 is 0 Å². The molecule has 19 heavy (non-hydrogen) atoms. The Morgan fingerprint density at radius 1 is 1.42 bits per heavy atom. The Bertz CT molecular complexity index is 354. The quantitative estimate of drug-likeness (QED) is 0.810. The van der Waals surface area contributed by atoms with Crippen molar-refractivity contribution in [3.63, 3.8) is 0 Å². The fourth-order valence-electron chi connectivity index (χ4n) is 2.17. The van der Waals surface area contributed by atoms with Gasteiger partial charge in [-0.05, 0) is 40.5 Å². The molecule has 1 atom stereocenters. The number of hydrogen-bond acceptors (Lipinski definition) is 3. The fraction of sp³-hybridized carbons (Fsp3) is 0.846. The summed E-state index contributed by atoms with van der Waals surface area (Å²) in [6.07, 6.45) is 1.43. The van der Waals surface area contributed by atoms with E-state index in [1.165, 1.54) is 0 Å². The zero-order valence-electron chi connectivity index (χ0n) is 12.1. The molecule has 0 radical (unpaired) electrons. The van der Waals surface area contributed by atoms with E-state index in [0.29, 0.717) is 13.1 Å². The first-order valence-electron chi connectivity index (χ1n) is 6.51. The van der Waals surface area contributed by atoms with Gasteiger partial charge in [-0.25, -0.2) is 4.79 Å². The van der Waals surface area contributed by atoms with Crippen LogP contribution in [0, 0.1) is 0 Å². The van der Waals surface area contributed by atoms with Crippen LogP contribution in [0.1, 0.15) is 40.5 Å². The van der Waals surface area contributed by atoms with Crippen molar-refractivity contribution in [2.75, 3.05) is 19.0 Å². The third-order valence-corrected chi connectivity index (χ3v) is 3.39. The summed E-state index contributed by atoms with van der Waals surface area (Å²) in [5.41, 5.74) is -0.913. The summed E-state index contributed by atoms with van der Waals surface area (Å²) in [7, 11) is 0. The SMILES string of the molecule is CC(C)(C)OC(=O)N1CCC[C@]1(C)CNC(=O)CCl. The molecular weight excluding hydrogens is 268 g/mol. The number of carbonyl (C=O) groups is 2. The number of carbonyl (C=O) groups excluding carboxylic acids is 2. The summed E-state index contributed by atoms with van der Waals surface area (Å²) in [5, 5.41) is 2.74. The Morgan fingerprint density at radius 3 is 2.58 bits per heavy atom. The first-order valence-corrected chi connectivity index (χ1v) is 7.05. The van der Waals surface area contributed by atoms with Gasteiger partial charge in [0.1, 0.15) is 11.5 Å². The highest BCUT2D eigenvalue weighted by molar-refractivity contribution is 6.27. The van der Waals surface area contributed by atoms with Gasteiger partial charge >= 0.3 is 6.09 Å². The molecular formula is C13H23ClN2O3. The van der Waals surface area contributed by atoms with Gasteiger partial charge < -0.3 is 15.0 Å². The van der Waals surface area contributed by atoms with Gasteiger partial charge in [-0.1, -0.05) is 0 Å². The minimum absolute atomic E-state index is 0.0669. The Hall–Kier alpha value is -0.970. The van der Waals surface area contributed by atoms with Gasteiger partial charge in [0.2, 0.25) is 5.91 Å². The van der Waals surface area contributed by atoms with Crippen molar-refractivity contribution >= 4 is 23.6 Å². The lowest BCUT2D eigenvalue weighted by molar-refractivity contribution is -0.119. The minimum atomic E-state index is -0.514. The van der Waals surface area contributed by atoms with Crippen molar-refractivity contribution in [2.24, 2.45) is 0 Å². The van der Waals surface area contributed by atoms with Crippen LogP contribution in [-0.2, 0) is 9.53 Å². The van der Waals surface area contributed by atoms with E-state index in [9.17, 15) is 9.59 Å². The molecule has 0 saturated carbocycles. The molecule has 0 unspecified atom stereocenters. The number of alkyl halides is 1. The Morgan fingerprint density at radius 2 is 2.05 bits per heavy atom. The molecule has 1 heterocycles. The van der Waals surface area contributed by atoms with E-state index in [0.717, 1.165) is 12.8 Å². The van der Waals surface area contributed by atoms with Gasteiger partial charge in [0.25, 0.3) is 0 Å². The highest BCUT2D eigenvalue weighted by Crippen LogP contribution is 2.30. The van der Waals surface area contributed by atoms with Gasteiger partial charge in [0.05, 0.1) is 5.54 Å². The zero-order chi connectivity index (χ0) is 14.7. The first-order chi connectivity index (χ1) is 8.68. The molecule has 0 aromatic heterocycles. The predicted molar refractivity (Wildman–Crippen MR) is 74.3 cm³/mol. The van der Waals surface area contributed by atoms with Crippen LogP contribution >= 0.6 is 11.6 Å². The van der Waals surface area contributed by atoms with Crippen molar-refractivity contribution in [3.8, 4) is 0 Å². The standard InChI is InChI=1S/C13H23ClN2O3/c1-12(2,3)19-11(18)16-7-5-6-13(16,4)9-15-10(17)8-14/h5-9H2,1-4H3,(H,15,17)/t13-/m1/s1. The smallest absolute Gasteiger partial charge is 0.410 e. The molecule has 1 saturated heterocycles. The van der Waals surface area contributed by atoms with E-state index in [2.05, 4.69) is 5.32 Å². The summed E-state index contributed by atoms with van der Waals surface area (Å²) in [6, 6.07) is 0. The molecule has 0 bridgehead atoms. The third-order valence-electron chi connectivity index (χ3n) is 3.15. The molecule has 0 aromatic carbocycles. The van der Waals surface area contributed by atoms with E-state index in [4.69, 9.17) is 16.3 Å². The average Bonchev–Trinajstić information content (AvgIpc) is 2.66. The molecule has 110 valence electrons. The number of nitrogens with zero attached hydrogens (tertiary/aromatic N) is 1. The molecule has 1 rings (SSSR count). The lowest BCUT2D eigenvalue weighted by Gasteiger charge is -2.36. The van der Waals surface area contributed by atoms with Crippen molar-refractivity contribution in [2.45, 2.75) is 51.7 Å². The highest BCUT2D eigenvalue weighted by Gasteiger charge is 2.41. The molecule has 5 nitrogen and oxygen atoms in total. The number of amides is 2. The fourth-order valence-corrected chi connectivity index (χ4v) is 2.27. The van der Waals surface area contributed by atoms with Gasteiger partial charge in [-0.3, -0.25) is 4.79 Å². The van der Waals surface area contributed by atoms with E-state index in [1.807, 2.05) is 27.7 Å². The van der Waals surface area contributed by atoms with Crippen LogP contribution in [0.4, 0.5) is 4.79 Å². The number of halogens is 1. The molecule has 0 spiro atoms. The maximum atomic E-state index is 12.2. The molecule has 1 aliphatic rings. The summed E-state index contributed by atoms with van der Waals surface area (Å²) in [6.45, 7) is 8.53. The Balaban J connectivity index is 2.66. The van der Waals surface area contributed by atoms with Gasteiger partial charge in [-0.15, -0.1) is 11.6 Å². The molecule has 1 fully saturated rings. The van der Waals surface area contributed by atoms with Gasteiger partial charge in [0, 0.05) is 13.1 Å². The Labute approximate surface area is 119 Å². The number of hydrogen-bond donors (Lipinski definition) is 1. The molecule has 1 N–H and O–H groups in total. The molecule has 0 aromatic rings. The topological polar surface area (TPSA) is 58.6 Å². The van der Waals surface area contributed by atoms with Crippen molar-refractivity contribution in [1.29, 1.82) is 0 Å². The largest absolute Gasteiger partial charge is 0.444 e. The lowest BCUT2D eigenvalue weighted by Crippen LogP contribution is -2.53. The van der Waals surface area contributed by atoms with E-state index in [1.54, 1.807) is 4.90 Å². The number of ether oxygens (including phenoxy) is 1. The molecule has 6 heteroatoms. The second-order valence-corrected chi connectivity index (χ2v) is 6.41. The van der Waals surface area contributed by atoms with E-state index in [-0.39, 0.29) is 17.9 Å². The summed E-state index contributed by atoms with van der Waals surface area (Å²) in [4.78, 5) is 25.1. The van der Waals surface area contributed by atoms with Crippen LogP contribution in [0.15, 0.2) is 0 Å². The second-order valence-electron chi connectivity index (χ2n) is 6.14. The summed E-state index contributed by atoms with van der Waals surface area (Å²) >= 11 is 5.45. The first kappa shape index (κ1) is 16.1. The van der Waals surface area contributed by atoms with Crippen LogP contribution in [0.3, 0.4) is 0 Å². The monoisotopic (exact) mass is 290 g/mol. The molecule has 0 aliphatic carbocycles. The second kappa shape index (κ2) is 5.99. The maximum Gasteiger partial charge on any atom is 0.410 e. The van der Waals surface area contributed by atoms with Gasteiger partial charge in [-0.2, -0.15) is 0 Å². The van der Waals surface area contributed by atoms with Crippen molar-refractivity contribution in [3.05, 3.63) is 0 Å². The van der Waals surface area contributed by atoms with Crippen LogP contribution in [0.2, 0.25) is 0 Å². The van der Waals surface area contributed by atoms with Crippen LogP contribution in [0.25, 0.3) is 0 Å². The normalized spacial score (nSPS) is 23.3. The summed E-state index contributed by atoms with van der Waals surface area (Å²) < 4.78 is 5.40. The Kier molecular flexibility index (Phi) is 5.07.